The molecule has 18 heavy (non-hydrogen) atoms. The third kappa shape index (κ3) is 2.51. The number of aryl methyl sites for hydroxylation is 1. The summed E-state index contributed by atoms with van der Waals surface area (Å²) in [4.78, 5) is 15.9. The van der Waals surface area contributed by atoms with Gasteiger partial charge in [0.15, 0.2) is 5.69 Å². The maximum atomic E-state index is 12.0. The molecule has 0 saturated carbocycles. The number of nitrogens with two attached hydrogens (primary N) is 1. The number of nitrogen functional groups attached to an aromatic ring is 1. The lowest BCUT2D eigenvalue weighted by atomic mass is 10.3. The molecule has 0 aliphatic carbocycles. The van der Waals surface area contributed by atoms with E-state index in [9.17, 15) is 4.79 Å². The van der Waals surface area contributed by atoms with Gasteiger partial charge >= 0.3 is 0 Å². The van der Waals surface area contributed by atoms with Crippen LogP contribution in [0.4, 0.5) is 11.4 Å². The second-order valence-corrected chi connectivity index (χ2v) is 4.45. The van der Waals surface area contributed by atoms with Crippen LogP contribution in [0.25, 0.3) is 0 Å². The van der Waals surface area contributed by atoms with Crippen LogP contribution in [-0.2, 0) is 6.54 Å². The number of carbonyl (C=O) groups is 1. The van der Waals surface area contributed by atoms with Crippen LogP contribution in [0.3, 0.4) is 0 Å². The van der Waals surface area contributed by atoms with Crippen molar-refractivity contribution in [2.45, 2.75) is 13.5 Å². The highest BCUT2D eigenvalue weighted by Gasteiger charge is 2.15. The van der Waals surface area contributed by atoms with Crippen LogP contribution >= 0.6 is 15.9 Å². The molecular weight excluding hydrogens is 298 g/mol. The van der Waals surface area contributed by atoms with Gasteiger partial charge in [-0.1, -0.05) is 0 Å². The average Bonchev–Trinajstić information content (AvgIpc) is 2.73. The maximum absolute atomic E-state index is 12.0. The Kier molecular flexibility index (Phi) is 3.61. The molecule has 0 radical (unpaired) electrons. The number of carbonyl (C=O) groups excluding carboxylic acids is 1. The number of nitrogens with one attached hydrogen (secondary N) is 1. The zero-order valence-electron chi connectivity index (χ0n) is 9.72. The van der Waals surface area contributed by atoms with E-state index in [4.69, 9.17) is 5.73 Å². The van der Waals surface area contributed by atoms with E-state index in [1.807, 2.05) is 6.92 Å². The molecule has 94 valence electrons. The molecule has 2 rings (SSSR count). The van der Waals surface area contributed by atoms with Crippen LogP contribution < -0.4 is 11.1 Å². The lowest BCUT2D eigenvalue weighted by molar-refractivity contribution is 0.102. The third-order valence-corrected chi connectivity index (χ3v) is 2.98. The van der Waals surface area contributed by atoms with E-state index in [-0.39, 0.29) is 11.6 Å². The maximum Gasteiger partial charge on any atom is 0.278 e. The van der Waals surface area contributed by atoms with Crippen LogP contribution in [0.5, 0.6) is 0 Å². The monoisotopic (exact) mass is 309 g/mol. The van der Waals surface area contributed by atoms with Gasteiger partial charge in [0.2, 0.25) is 0 Å². The number of hydrogen-bond acceptors (Lipinski definition) is 4. The Labute approximate surface area is 112 Å². The lowest BCUT2D eigenvalue weighted by Gasteiger charge is -2.05. The standard InChI is InChI=1S/C11H12BrN5O/c1-2-17-6-8(13)10(16-17)11(18)15-9-3-4-14-5-7(9)12/h3-6H,2,13H2,1H3,(H,14,15,18). The molecule has 0 fully saturated rings. The Morgan fingerprint density at radius 1 is 1.61 bits per heavy atom. The van der Waals surface area contributed by atoms with Crippen LogP contribution in [0, 0.1) is 0 Å². The minimum atomic E-state index is -0.341. The van der Waals surface area contributed by atoms with Gasteiger partial charge in [0.1, 0.15) is 0 Å². The molecule has 0 aromatic carbocycles. The van der Waals surface area contributed by atoms with E-state index in [1.165, 1.54) is 0 Å². The van der Waals surface area contributed by atoms with E-state index >= 15 is 0 Å². The van der Waals surface area contributed by atoms with Gasteiger partial charge in [0, 0.05) is 25.1 Å². The fourth-order valence-corrected chi connectivity index (χ4v) is 1.78. The molecule has 6 nitrogen and oxygen atoms in total. The first-order valence-electron chi connectivity index (χ1n) is 5.35. The van der Waals surface area contributed by atoms with Crippen molar-refractivity contribution in [2.75, 3.05) is 11.1 Å². The van der Waals surface area contributed by atoms with Gasteiger partial charge in [-0.25, -0.2) is 0 Å². The van der Waals surface area contributed by atoms with Gasteiger partial charge < -0.3 is 11.1 Å². The molecule has 0 unspecified atom stereocenters. The van der Waals surface area contributed by atoms with Gasteiger partial charge in [-0.15, -0.1) is 0 Å². The number of anilines is 2. The van der Waals surface area contributed by atoms with Crippen molar-refractivity contribution in [3.63, 3.8) is 0 Å². The highest BCUT2D eigenvalue weighted by atomic mass is 79.9. The average molecular weight is 310 g/mol. The van der Waals surface area contributed by atoms with Crippen molar-refractivity contribution in [2.24, 2.45) is 0 Å². The molecule has 0 aliphatic rings. The summed E-state index contributed by atoms with van der Waals surface area (Å²) in [6.45, 7) is 2.59. The summed E-state index contributed by atoms with van der Waals surface area (Å²) in [5.74, 6) is -0.341. The van der Waals surface area contributed by atoms with Crippen molar-refractivity contribution in [1.82, 2.24) is 14.8 Å². The molecular formula is C11H12BrN5O. The number of pyridine rings is 1. The van der Waals surface area contributed by atoms with E-state index in [2.05, 4.69) is 31.3 Å². The van der Waals surface area contributed by atoms with Crippen LogP contribution in [-0.4, -0.2) is 20.7 Å². The highest BCUT2D eigenvalue weighted by molar-refractivity contribution is 9.10. The van der Waals surface area contributed by atoms with Gasteiger partial charge in [-0.3, -0.25) is 14.5 Å². The zero-order valence-corrected chi connectivity index (χ0v) is 11.3. The van der Waals surface area contributed by atoms with Crippen molar-refractivity contribution in [1.29, 1.82) is 0 Å². The molecule has 3 N–H and O–H groups in total. The zero-order chi connectivity index (χ0) is 13.1. The quantitative estimate of drug-likeness (QED) is 0.906. The largest absolute Gasteiger partial charge is 0.396 e. The molecule has 2 aromatic heterocycles. The molecule has 0 spiro atoms. The molecule has 0 aliphatic heterocycles. The Bertz CT molecular complexity index is 581. The Balaban J connectivity index is 2.22. The van der Waals surface area contributed by atoms with Gasteiger partial charge in [0.05, 0.1) is 15.8 Å². The second kappa shape index (κ2) is 5.18. The van der Waals surface area contributed by atoms with Crippen LogP contribution in [0.1, 0.15) is 17.4 Å². The van der Waals surface area contributed by atoms with Crippen molar-refractivity contribution in [3.05, 3.63) is 34.8 Å². The fourth-order valence-electron chi connectivity index (χ4n) is 1.43. The van der Waals surface area contributed by atoms with Gasteiger partial charge in [-0.05, 0) is 28.9 Å². The number of nitrogens with zero attached hydrogens (tertiary/aromatic N) is 3. The molecule has 1 amide bonds. The SMILES string of the molecule is CCn1cc(N)c(C(=O)Nc2ccncc2Br)n1. The summed E-state index contributed by atoms with van der Waals surface area (Å²) in [6, 6.07) is 1.69. The molecule has 0 bridgehead atoms. The van der Waals surface area contributed by atoms with Gasteiger partial charge in [-0.2, -0.15) is 5.10 Å². The van der Waals surface area contributed by atoms with Crippen molar-refractivity contribution in [3.8, 4) is 0 Å². The van der Waals surface area contributed by atoms with E-state index in [0.29, 0.717) is 22.4 Å². The third-order valence-electron chi connectivity index (χ3n) is 2.35. The fraction of sp³-hybridized carbons (Fsp3) is 0.182. The van der Waals surface area contributed by atoms with Crippen molar-refractivity contribution < 1.29 is 4.79 Å². The summed E-state index contributed by atoms with van der Waals surface area (Å²) >= 11 is 3.30. The number of aromatic nitrogens is 3. The molecule has 2 aromatic rings. The van der Waals surface area contributed by atoms with Crippen LogP contribution in [0.15, 0.2) is 29.1 Å². The predicted molar refractivity (Wildman–Crippen MR) is 72.2 cm³/mol. The second-order valence-electron chi connectivity index (χ2n) is 3.60. The van der Waals surface area contributed by atoms with Crippen molar-refractivity contribution >= 4 is 33.2 Å². The first-order valence-corrected chi connectivity index (χ1v) is 6.15. The molecule has 0 atom stereocenters. The first kappa shape index (κ1) is 12.6. The minimum Gasteiger partial charge on any atom is -0.396 e. The summed E-state index contributed by atoms with van der Waals surface area (Å²) in [5.41, 5.74) is 6.95. The summed E-state index contributed by atoms with van der Waals surface area (Å²) in [7, 11) is 0. The molecule has 0 saturated heterocycles. The Morgan fingerprint density at radius 3 is 3.00 bits per heavy atom. The number of amides is 1. The van der Waals surface area contributed by atoms with E-state index in [0.717, 1.165) is 0 Å². The highest BCUT2D eigenvalue weighted by Crippen LogP contribution is 2.21. The number of halogens is 1. The summed E-state index contributed by atoms with van der Waals surface area (Å²) in [6.07, 6.45) is 4.83. The summed E-state index contributed by atoms with van der Waals surface area (Å²) < 4.78 is 2.32. The van der Waals surface area contributed by atoms with E-state index < -0.39 is 0 Å². The first-order chi connectivity index (χ1) is 8.61. The molecule has 2 heterocycles. The lowest BCUT2D eigenvalue weighted by Crippen LogP contribution is -2.15. The number of hydrogen-bond donors (Lipinski definition) is 2. The smallest absolute Gasteiger partial charge is 0.278 e. The summed E-state index contributed by atoms with van der Waals surface area (Å²) in [5, 5.41) is 6.83. The van der Waals surface area contributed by atoms with E-state index in [1.54, 1.807) is 29.3 Å². The van der Waals surface area contributed by atoms with Gasteiger partial charge in [0.25, 0.3) is 5.91 Å². The Morgan fingerprint density at radius 2 is 2.39 bits per heavy atom. The minimum absolute atomic E-state index is 0.223. The normalized spacial score (nSPS) is 10.3. The number of rotatable bonds is 3. The van der Waals surface area contributed by atoms with Crippen LogP contribution in [0.2, 0.25) is 0 Å². The Hall–Kier alpha value is -1.89. The molecule has 7 heteroatoms. The topological polar surface area (TPSA) is 85.8 Å². The predicted octanol–water partition coefficient (Wildman–Crippen LogP) is 1.90.